The number of nitrogens with one attached hydrogen (secondary N) is 1. The highest BCUT2D eigenvalue weighted by Gasteiger charge is 2.33. The molecule has 0 aromatic heterocycles. The predicted octanol–water partition coefficient (Wildman–Crippen LogP) is 4.35. The van der Waals surface area contributed by atoms with Gasteiger partial charge >= 0.3 is 0 Å². The van der Waals surface area contributed by atoms with Crippen LogP contribution < -0.4 is 5.32 Å². The minimum atomic E-state index is 0.0156. The summed E-state index contributed by atoms with van der Waals surface area (Å²) in [5, 5.41) is 3.59. The Morgan fingerprint density at radius 2 is 2.00 bits per heavy atom. The zero-order chi connectivity index (χ0) is 12.5. The summed E-state index contributed by atoms with van der Waals surface area (Å²) in [5.41, 5.74) is 1.93. The molecule has 1 fully saturated rings. The van der Waals surface area contributed by atoms with E-state index in [4.69, 9.17) is 11.6 Å². The lowest BCUT2D eigenvalue weighted by atomic mass is 9.81. The fraction of sp³-hybridized carbons (Fsp3) is 0.533. The van der Waals surface area contributed by atoms with Crippen LogP contribution in [0.15, 0.2) is 18.2 Å². The largest absolute Gasteiger partial charge is 0.324 e. The lowest BCUT2D eigenvalue weighted by Crippen LogP contribution is -2.17. The summed E-state index contributed by atoms with van der Waals surface area (Å²) in [6.07, 6.45) is 7.54. The van der Waals surface area contributed by atoms with Crippen LogP contribution in [0.4, 0.5) is 5.69 Å². The minimum Gasteiger partial charge on any atom is -0.324 e. The molecule has 0 spiro atoms. The molecular formula is C15H18ClNO. The van der Waals surface area contributed by atoms with Gasteiger partial charge in [-0.3, -0.25) is 4.79 Å². The Balaban J connectivity index is 1.81. The fourth-order valence-corrected chi connectivity index (χ4v) is 3.53. The lowest BCUT2D eigenvalue weighted by molar-refractivity contribution is -0.117. The number of fused-ring (bicyclic) bond motifs is 1. The number of para-hydroxylation sites is 1. The zero-order valence-corrected chi connectivity index (χ0v) is 11.2. The maximum atomic E-state index is 12.1. The summed E-state index contributed by atoms with van der Waals surface area (Å²) in [5.74, 6) is 0.852. The van der Waals surface area contributed by atoms with Crippen molar-refractivity contribution in [1.29, 1.82) is 0 Å². The third-order valence-electron chi connectivity index (χ3n) is 4.28. The Labute approximate surface area is 113 Å². The summed E-state index contributed by atoms with van der Waals surface area (Å²) >= 11 is 6.13. The quantitative estimate of drug-likeness (QED) is 0.845. The van der Waals surface area contributed by atoms with Gasteiger partial charge in [0.05, 0.1) is 16.6 Å². The highest BCUT2D eigenvalue weighted by molar-refractivity contribution is 6.34. The molecule has 1 unspecified atom stereocenters. The first-order valence-corrected chi connectivity index (χ1v) is 7.23. The number of hydrogen-bond donors (Lipinski definition) is 1. The Hall–Kier alpha value is -1.02. The molecule has 1 aliphatic heterocycles. The first-order chi connectivity index (χ1) is 8.75. The molecule has 1 amide bonds. The Morgan fingerprint density at radius 1 is 1.22 bits per heavy atom. The van der Waals surface area contributed by atoms with Crippen molar-refractivity contribution in [3.8, 4) is 0 Å². The molecule has 1 aliphatic carbocycles. The molecule has 3 heteroatoms. The molecule has 96 valence electrons. The highest BCUT2D eigenvalue weighted by Crippen LogP contribution is 2.42. The monoisotopic (exact) mass is 263 g/mol. The van der Waals surface area contributed by atoms with E-state index >= 15 is 0 Å². The van der Waals surface area contributed by atoms with Gasteiger partial charge < -0.3 is 5.32 Å². The second-order valence-electron chi connectivity index (χ2n) is 5.49. The van der Waals surface area contributed by atoms with Crippen LogP contribution in [0.1, 0.15) is 50.0 Å². The van der Waals surface area contributed by atoms with E-state index in [1.807, 2.05) is 18.2 Å². The van der Waals surface area contributed by atoms with Gasteiger partial charge in [-0.1, -0.05) is 55.8 Å². The van der Waals surface area contributed by atoms with E-state index < -0.39 is 0 Å². The molecule has 1 aromatic carbocycles. The van der Waals surface area contributed by atoms with Crippen LogP contribution in [0.2, 0.25) is 5.02 Å². The van der Waals surface area contributed by atoms with Gasteiger partial charge in [-0.15, -0.1) is 0 Å². The third kappa shape index (κ3) is 2.14. The van der Waals surface area contributed by atoms with Gasteiger partial charge in [0.1, 0.15) is 0 Å². The Morgan fingerprint density at radius 3 is 2.78 bits per heavy atom. The summed E-state index contributed by atoms with van der Waals surface area (Å²) < 4.78 is 0. The van der Waals surface area contributed by atoms with Crippen LogP contribution in [0, 0.1) is 5.92 Å². The summed E-state index contributed by atoms with van der Waals surface area (Å²) in [6.45, 7) is 0. The van der Waals surface area contributed by atoms with Crippen LogP contribution in [0.5, 0.6) is 0 Å². The summed E-state index contributed by atoms with van der Waals surface area (Å²) in [6, 6.07) is 5.81. The van der Waals surface area contributed by atoms with E-state index in [2.05, 4.69) is 5.32 Å². The van der Waals surface area contributed by atoms with Crippen LogP contribution in [0.3, 0.4) is 0 Å². The normalized spacial score (nSPS) is 23.8. The molecule has 1 atom stereocenters. The molecule has 1 N–H and O–H groups in total. The smallest absolute Gasteiger partial charge is 0.232 e. The molecule has 0 saturated heterocycles. The molecule has 18 heavy (non-hydrogen) atoms. The van der Waals surface area contributed by atoms with E-state index in [9.17, 15) is 4.79 Å². The van der Waals surface area contributed by atoms with Gasteiger partial charge in [0.15, 0.2) is 0 Å². The average molecular weight is 264 g/mol. The lowest BCUT2D eigenvalue weighted by Gasteiger charge is -2.23. The molecule has 2 nitrogen and oxygen atoms in total. The van der Waals surface area contributed by atoms with Gasteiger partial charge in [-0.25, -0.2) is 0 Å². The van der Waals surface area contributed by atoms with E-state index in [-0.39, 0.29) is 11.8 Å². The van der Waals surface area contributed by atoms with Crippen molar-refractivity contribution in [2.75, 3.05) is 5.32 Å². The van der Waals surface area contributed by atoms with Gasteiger partial charge in [0, 0.05) is 0 Å². The Bertz CT molecular complexity index is 466. The number of halogens is 1. The van der Waals surface area contributed by atoms with E-state index in [0.717, 1.165) is 17.7 Å². The van der Waals surface area contributed by atoms with Crippen molar-refractivity contribution < 1.29 is 4.79 Å². The molecule has 1 saturated carbocycles. The topological polar surface area (TPSA) is 29.1 Å². The van der Waals surface area contributed by atoms with Gasteiger partial charge in [0.2, 0.25) is 5.91 Å². The van der Waals surface area contributed by atoms with Crippen molar-refractivity contribution in [3.63, 3.8) is 0 Å². The molecule has 1 heterocycles. The van der Waals surface area contributed by atoms with Crippen LogP contribution in [-0.4, -0.2) is 5.91 Å². The molecule has 1 aromatic rings. The SMILES string of the molecule is O=C1Nc2c(Cl)cccc2C1CC1CCCCC1. The molecule has 0 bridgehead atoms. The molecule has 3 rings (SSSR count). The number of anilines is 1. The highest BCUT2D eigenvalue weighted by atomic mass is 35.5. The van der Waals surface area contributed by atoms with Crippen molar-refractivity contribution >= 4 is 23.2 Å². The van der Waals surface area contributed by atoms with Crippen LogP contribution in [0.25, 0.3) is 0 Å². The minimum absolute atomic E-state index is 0.0156. The number of amides is 1. The number of carbonyl (C=O) groups is 1. The predicted molar refractivity (Wildman–Crippen MR) is 74.0 cm³/mol. The van der Waals surface area contributed by atoms with Gasteiger partial charge in [-0.05, 0) is 24.0 Å². The van der Waals surface area contributed by atoms with Crippen LogP contribution >= 0.6 is 11.6 Å². The average Bonchev–Trinajstić information content (AvgIpc) is 2.70. The third-order valence-corrected chi connectivity index (χ3v) is 4.59. The number of hydrogen-bond acceptors (Lipinski definition) is 1. The maximum Gasteiger partial charge on any atom is 0.232 e. The van der Waals surface area contributed by atoms with Crippen molar-refractivity contribution in [2.24, 2.45) is 5.92 Å². The first kappa shape index (κ1) is 12.0. The maximum absolute atomic E-state index is 12.1. The van der Waals surface area contributed by atoms with Gasteiger partial charge in [0.25, 0.3) is 0 Å². The van der Waals surface area contributed by atoms with Crippen molar-refractivity contribution in [2.45, 2.75) is 44.4 Å². The first-order valence-electron chi connectivity index (χ1n) is 6.85. The summed E-state index contributed by atoms with van der Waals surface area (Å²) in [4.78, 5) is 12.1. The number of rotatable bonds is 2. The number of carbonyl (C=O) groups excluding carboxylic acids is 1. The molecular weight excluding hydrogens is 246 g/mol. The second-order valence-corrected chi connectivity index (χ2v) is 5.89. The number of benzene rings is 1. The van der Waals surface area contributed by atoms with Crippen LogP contribution in [-0.2, 0) is 4.79 Å². The van der Waals surface area contributed by atoms with Gasteiger partial charge in [-0.2, -0.15) is 0 Å². The standard InChI is InChI=1S/C15H18ClNO/c16-13-8-4-7-11-12(15(18)17-14(11)13)9-10-5-2-1-3-6-10/h4,7-8,10,12H,1-3,5-6,9H2,(H,17,18). The fourth-order valence-electron chi connectivity index (χ4n) is 3.30. The molecule has 0 radical (unpaired) electrons. The zero-order valence-electron chi connectivity index (χ0n) is 10.4. The second kappa shape index (κ2) is 4.93. The van der Waals surface area contributed by atoms with Crippen molar-refractivity contribution in [3.05, 3.63) is 28.8 Å². The van der Waals surface area contributed by atoms with E-state index in [1.54, 1.807) is 0 Å². The van der Waals surface area contributed by atoms with Crippen molar-refractivity contribution in [1.82, 2.24) is 0 Å². The Kier molecular flexibility index (Phi) is 3.29. The summed E-state index contributed by atoms with van der Waals surface area (Å²) in [7, 11) is 0. The van der Waals surface area contributed by atoms with E-state index in [0.29, 0.717) is 10.9 Å². The van der Waals surface area contributed by atoms with E-state index in [1.165, 1.54) is 32.1 Å². The molecule has 2 aliphatic rings.